The zero-order valence-electron chi connectivity index (χ0n) is 14.0. The third-order valence-corrected chi connectivity index (χ3v) is 4.68. The summed E-state index contributed by atoms with van der Waals surface area (Å²) in [5.41, 5.74) is 2.56. The van der Waals surface area contributed by atoms with Crippen LogP contribution in [0.15, 0.2) is 36.4 Å². The van der Waals surface area contributed by atoms with E-state index in [9.17, 15) is 14.4 Å². The lowest BCUT2D eigenvalue weighted by atomic mass is 10.0. The minimum atomic E-state index is -0.344. The first-order valence-corrected chi connectivity index (χ1v) is 8.77. The summed E-state index contributed by atoms with van der Waals surface area (Å²) in [5.74, 6) is -0.431. The number of carbonyl (C=O) groups excluding carboxylic acids is 3. The van der Waals surface area contributed by atoms with Gasteiger partial charge in [-0.15, -0.1) is 0 Å². The van der Waals surface area contributed by atoms with Crippen LogP contribution in [-0.2, 0) is 11.2 Å². The highest BCUT2D eigenvalue weighted by Crippen LogP contribution is 2.28. The van der Waals surface area contributed by atoms with E-state index in [1.165, 1.54) is 12.1 Å². The standard InChI is InChI=1S/C19H16Cl2N2O3/c1-23-16-3-2-11(6-12(16)9-18(23)25)17(24)4-5-22-19(26)13-7-14(20)10-15(21)8-13/h2-3,6-8,10H,4-5,9H2,1H3,(H,22,26). The lowest BCUT2D eigenvalue weighted by Gasteiger charge is -2.10. The molecular formula is C19H16Cl2N2O3. The first-order chi connectivity index (χ1) is 12.3. The lowest BCUT2D eigenvalue weighted by molar-refractivity contribution is -0.117. The van der Waals surface area contributed by atoms with Crippen molar-refractivity contribution in [3.63, 3.8) is 0 Å². The number of benzene rings is 2. The number of anilines is 1. The third kappa shape index (κ3) is 3.89. The Kier molecular flexibility index (Phi) is 5.30. The fourth-order valence-electron chi connectivity index (χ4n) is 2.86. The molecule has 2 amide bonds. The van der Waals surface area contributed by atoms with Crippen molar-refractivity contribution < 1.29 is 14.4 Å². The number of nitrogens with one attached hydrogen (secondary N) is 1. The fraction of sp³-hybridized carbons (Fsp3) is 0.211. The average Bonchev–Trinajstić information content (AvgIpc) is 2.87. The van der Waals surface area contributed by atoms with E-state index < -0.39 is 0 Å². The number of nitrogens with zero attached hydrogens (tertiary/aromatic N) is 1. The maximum absolute atomic E-state index is 12.3. The predicted molar refractivity (Wildman–Crippen MR) is 101 cm³/mol. The second-order valence-corrected chi connectivity index (χ2v) is 6.93. The molecule has 2 aromatic carbocycles. The van der Waals surface area contributed by atoms with Gasteiger partial charge in [0.2, 0.25) is 5.91 Å². The van der Waals surface area contributed by atoms with Crippen molar-refractivity contribution in [1.82, 2.24) is 5.32 Å². The Hall–Kier alpha value is -2.37. The molecule has 0 saturated heterocycles. The van der Waals surface area contributed by atoms with Crippen molar-refractivity contribution in [2.75, 3.05) is 18.5 Å². The first kappa shape index (κ1) is 18.4. The maximum atomic E-state index is 12.3. The van der Waals surface area contributed by atoms with Gasteiger partial charge in [0.15, 0.2) is 5.78 Å². The smallest absolute Gasteiger partial charge is 0.251 e. The number of ketones is 1. The summed E-state index contributed by atoms with van der Waals surface area (Å²) in [6.07, 6.45) is 0.460. The minimum absolute atomic E-state index is 0.0112. The Labute approximate surface area is 160 Å². The number of fused-ring (bicyclic) bond motifs is 1. The average molecular weight is 391 g/mol. The van der Waals surface area contributed by atoms with Crippen LogP contribution in [0.2, 0.25) is 10.0 Å². The highest BCUT2D eigenvalue weighted by molar-refractivity contribution is 6.35. The number of likely N-dealkylation sites (N-methyl/N-ethyl adjacent to an activating group) is 1. The van der Waals surface area contributed by atoms with Crippen LogP contribution in [0.4, 0.5) is 5.69 Å². The molecule has 2 aromatic rings. The molecule has 26 heavy (non-hydrogen) atoms. The van der Waals surface area contributed by atoms with Crippen LogP contribution in [0.1, 0.15) is 32.7 Å². The molecule has 0 aromatic heterocycles. The summed E-state index contributed by atoms with van der Waals surface area (Å²) in [7, 11) is 1.72. The summed E-state index contributed by atoms with van der Waals surface area (Å²) < 4.78 is 0. The molecule has 1 heterocycles. The molecule has 0 radical (unpaired) electrons. The van der Waals surface area contributed by atoms with Gasteiger partial charge < -0.3 is 10.2 Å². The van der Waals surface area contributed by atoms with E-state index in [1.807, 2.05) is 0 Å². The molecule has 0 atom stereocenters. The second kappa shape index (κ2) is 7.48. The number of rotatable bonds is 5. The van der Waals surface area contributed by atoms with Crippen molar-refractivity contribution in [3.05, 3.63) is 63.1 Å². The van der Waals surface area contributed by atoms with Crippen molar-refractivity contribution >= 4 is 46.5 Å². The SMILES string of the molecule is CN1C(=O)Cc2cc(C(=O)CCNC(=O)c3cc(Cl)cc(Cl)c3)ccc21. The van der Waals surface area contributed by atoms with Crippen LogP contribution in [0.25, 0.3) is 0 Å². The molecule has 0 saturated carbocycles. The van der Waals surface area contributed by atoms with Crippen LogP contribution in [0, 0.1) is 0 Å². The molecule has 0 bridgehead atoms. The molecule has 3 rings (SSSR count). The summed E-state index contributed by atoms with van der Waals surface area (Å²) in [5, 5.41) is 3.42. The topological polar surface area (TPSA) is 66.5 Å². The van der Waals surface area contributed by atoms with Gasteiger partial charge in [-0.2, -0.15) is 0 Å². The van der Waals surface area contributed by atoms with E-state index in [0.29, 0.717) is 27.6 Å². The van der Waals surface area contributed by atoms with Crippen LogP contribution < -0.4 is 10.2 Å². The quantitative estimate of drug-likeness (QED) is 0.794. The monoisotopic (exact) mass is 390 g/mol. The summed E-state index contributed by atoms with van der Waals surface area (Å²) in [4.78, 5) is 37.8. The van der Waals surface area contributed by atoms with Gasteiger partial charge in [0, 0.05) is 46.9 Å². The Morgan fingerprint density at radius 1 is 1.08 bits per heavy atom. The van der Waals surface area contributed by atoms with Gasteiger partial charge in [-0.1, -0.05) is 23.2 Å². The highest BCUT2D eigenvalue weighted by atomic mass is 35.5. The summed E-state index contributed by atoms with van der Waals surface area (Å²) in [6, 6.07) is 9.79. The van der Waals surface area contributed by atoms with Gasteiger partial charge in [-0.25, -0.2) is 0 Å². The van der Waals surface area contributed by atoms with Gasteiger partial charge in [0.25, 0.3) is 5.91 Å². The Balaban J connectivity index is 1.59. The van der Waals surface area contributed by atoms with Crippen molar-refractivity contribution in [1.29, 1.82) is 0 Å². The molecule has 0 fully saturated rings. The molecular weight excluding hydrogens is 375 g/mol. The molecule has 1 aliphatic rings. The van der Waals surface area contributed by atoms with E-state index in [0.717, 1.165) is 11.3 Å². The Morgan fingerprint density at radius 3 is 2.46 bits per heavy atom. The second-order valence-electron chi connectivity index (χ2n) is 6.06. The van der Waals surface area contributed by atoms with E-state index in [2.05, 4.69) is 5.32 Å². The largest absolute Gasteiger partial charge is 0.352 e. The molecule has 0 spiro atoms. The zero-order valence-corrected chi connectivity index (χ0v) is 15.5. The van der Waals surface area contributed by atoms with E-state index >= 15 is 0 Å². The van der Waals surface area contributed by atoms with E-state index in [-0.39, 0.29) is 30.6 Å². The number of amides is 2. The molecule has 0 unspecified atom stereocenters. The summed E-state index contributed by atoms with van der Waals surface area (Å²) >= 11 is 11.8. The normalized spacial score (nSPS) is 12.9. The van der Waals surface area contributed by atoms with Gasteiger partial charge >= 0.3 is 0 Å². The molecule has 1 N–H and O–H groups in total. The third-order valence-electron chi connectivity index (χ3n) is 4.24. The lowest BCUT2D eigenvalue weighted by Crippen LogP contribution is -2.26. The molecule has 7 heteroatoms. The van der Waals surface area contributed by atoms with Crippen LogP contribution in [0.5, 0.6) is 0 Å². The molecule has 5 nitrogen and oxygen atoms in total. The Bertz CT molecular complexity index is 891. The van der Waals surface area contributed by atoms with Gasteiger partial charge in [0.1, 0.15) is 0 Å². The minimum Gasteiger partial charge on any atom is -0.352 e. The van der Waals surface area contributed by atoms with Gasteiger partial charge in [-0.3, -0.25) is 14.4 Å². The van der Waals surface area contributed by atoms with E-state index in [4.69, 9.17) is 23.2 Å². The number of hydrogen-bond acceptors (Lipinski definition) is 3. The first-order valence-electron chi connectivity index (χ1n) is 8.02. The molecule has 134 valence electrons. The van der Waals surface area contributed by atoms with Crippen molar-refractivity contribution in [2.24, 2.45) is 0 Å². The maximum Gasteiger partial charge on any atom is 0.251 e. The number of hydrogen-bond donors (Lipinski definition) is 1. The fourth-order valence-corrected chi connectivity index (χ4v) is 3.39. The summed E-state index contributed by atoms with van der Waals surface area (Å²) in [6.45, 7) is 0.192. The van der Waals surface area contributed by atoms with Crippen LogP contribution >= 0.6 is 23.2 Å². The van der Waals surface area contributed by atoms with Gasteiger partial charge in [0.05, 0.1) is 6.42 Å². The van der Waals surface area contributed by atoms with Gasteiger partial charge in [-0.05, 0) is 42.0 Å². The molecule has 0 aliphatic carbocycles. The van der Waals surface area contributed by atoms with E-state index in [1.54, 1.807) is 36.2 Å². The van der Waals surface area contributed by atoms with Crippen LogP contribution in [-0.4, -0.2) is 31.2 Å². The van der Waals surface area contributed by atoms with Crippen LogP contribution in [0.3, 0.4) is 0 Å². The zero-order chi connectivity index (χ0) is 18.8. The number of halogens is 2. The van der Waals surface area contributed by atoms with Crippen molar-refractivity contribution in [3.8, 4) is 0 Å². The predicted octanol–water partition coefficient (Wildman–Crippen LogP) is 3.52. The molecule has 1 aliphatic heterocycles. The number of carbonyl (C=O) groups is 3. The highest BCUT2D eigenvalue weighted by Gasteiger charge is 2.24. The Morgan fingerprint density at radius 2 is 1.77 bits per heavy atom. The number of Topliss-reactive ketones (excluding diaryl/α,β-unsaturated/α-hetero) is 1. The van der Waals surface area contributed by atoms with Crippen molar-refractivity contribution in [2.45, 2.75) is 12.8 Å².